The summed E-state index contributed by atoms with van der Waals surface area (Å²) in [6.45, 7) is 7.22. The van der Waals surface area contributed by atoms with Crippen molar-refractivity contribution in [3.63, 3.8) is 0 Å². The quantitative estimate of drug-likeness (QED) is 0.553. The van der Waals surface area contributed by atoms with E-state index in [9.17, 15) is 0 Å². The molecule has 27 heavy (non-hydrogen) atoms. The standard InChI is InChI=1S/C22H27N3O.ClH/c1-18-10-11-21-20(16-18)22(26-15-7-14-24-12-5-6-13-24)23-25(21)17-19-8-3-2-4-9-19;/h2-4,8-11,16H,5-7,12-15,17H2,1H3;1H. The molecular formula is C22H28ClN3O. The molecule has 1 aromatic heterocycles. The van der Waals surface area contributed by atoms with Crippen LogP contribution >= 0.6 is 12.4 Å². The molecule has 144 valence electrons. The molecule has 0 atom stereocenters. The molecule has 0 unspecified atom stereocenters. The molecule has 2 aromatic carbocycles. The number of nitrogens with zero attached hydrogens (tertiary/aromatic N) is 3. The van der Waals surface area contributed by atoms with Gasteiger partial charge in [0.1, 0.15) is 0 Å². The van der Waals surface area contributed by atoms with E-state index < -0.39 is 0 Å². The molecule has 4 nitrogen and oxygen atoms in total. The number of halogens is 1. The van der Waals surface area contributed by atoms with Gasteiger partial charge in [-0.25, -0.2) is 0 Å². The number of hydrogen-bond donors (Lipinski definition) is 0. The number of likely N-dealkylation sites (tertiary alicyclic amines) is 1. The van der Waals surface area contributed by atoms with Crippen LogP contribution in [0.3, 0.4) is 0 Å². The van der Waals surface area contributed by atoms with Crippen LogP contribution in [-0.4, -0.2) is 40.9 Å². The topological polar surface area (TPSA) is 30.3 Å². The second kappa shape index (κ2) is 9.25. The third-order valence-corrected chi connectivity index (χ3v) is 5.10. The molecule has 0 N–H and O–H groups in total. The molecule has 1 saturated heterocycles. The number of ether oxygens (including phenoxy) is 1. The summed E-state index contributed by atoms with van der Waals surface area (Å²) in [4.78, 5) is 2.53. The maximum Gasteiger partial charge on any atom is 0.240 e. The van der Waals surface area contributed by atoms with Gasteiger partial charge >= 0.3 is 0 Å². The van der Waals surface area contributed by atoms with Gasteiger partial charge in [-0.1, -0.05) is 42.0 Å². The fraction of sp³-hybridized carbons (Fsp3) is 0.409. The Kier molecular flexibility index (Phi) is 6.75. The predicted octanol–water partition coefficient (Wildman–Crippen LogP) is 4.68. The Morgan fingerprint density at radius 2 is 1.81 bits per heavy atom. The average molecular weight is 386 g/mol. The van der Waals surface area contributed by atoms with Crippen molar-refractivity contribution >= 4 is 23.3 Å². The molecule has 0 spiro atoms. The van der Waals surface area contributed by atoms with Gasteiger partial charge in [-0.2, -0.15) is 0 Å². The lowest BCUT2D eigenvalue weighted by Crippen LogP contribution is -2.22. The summed E-state index contributed by atoms with van der Waals surface area (Å²) in [5.41, 5.74) is 3.62. The second-order valence-corrected chi connectivity index (χ2v) is 7.22. The van der Waals surface area contributed by atoms with E-state index in [2.05, 4.69) is 59.0 Å². The van der Waals surface area contributed by atoms with E-state index in [0.717, 1.165) is 42.9 Å². The number of aromatic nitrogens is 2. The van der Waals surface area contributed by atoms with Gasteiger partial charge in [-0.15, -0.1) is 17.5 Å². The minimum atomic E-state index is 0. The highest BCUT2D eigenvalue weighted by Crippen LogP contribution is 2.27. The molecule has 4 rings (SSSR count). The van der Waals surface area contributed by atoms with Gasteiger partial charge in [0.05, 0.1) is 24.1 Å². The summed E-state index contributed by atoms with van der Waals surface area (Å²) >= 11 is 0. The Labute approximate surface area is 167 Å². The molecule has 0 saturated carbocycles. The summed E-state index contributed by atoms with van der Waals surface area (Å²) in [6.07, 6.45) is 3.74. The van der Waals surface area contributed by atoms with Crippen molar-refractivity contribution in [3.05, 3.63) is 59.7 Å². The van der Waals surface area contributed by atoms with E-state index in [4.69, 9.17) is 9.84 Å². The third kappa shape index (κ3) is 4.82. The van der Waals surface area contributed by atoms with Crippen molar-refractivity contribution in [2.24, 2.45) is 0 Å². The lowest BCUT2D eigenvalue weighted by molar-refractivity contribution is 0.257. The highest BCUT2D eigenvalue weighted by atomic mass is 35.5. The molecule has 5 heteroatoms. The number of hydrogen-bond acceptors (Lipinski definition) is 3. The fourth-order valence-electron chi connectivity index (χ4n) is 3.71. The highest BCUT2D eigenvalue weighted by Gasteiger charge is 2.14. The van der Waals surface area contributed by atoms with Crippen molar-refractivity contribution in [1.29, 1.82) is 0 Å². The summed E-state index contributed by atoms with van der Waals surface area (Å²) in [5.74, 6) is 0.765. The van der Waals surface area contributed by atoms with Crippen molar-refractivity contribution in [2.75, 3.05) is 26.2 Å². The van der Waals surface area contributed by atoms with Gasteiger partial charge in [0.25, 0.3) is 0 Å². The molecule has 1 aliphatic rings. The zero-order valence-electron chi connectivity index (χ0n) is 15.9. The third-order valence-electron chi connectivity index (χ3n) is 5.10. The first-order valence-corrected chi connectivity index (χ1v) is 9.66. The summed E-state index contributed by atoms with van der Waals surface area (Å²) in [5, 5.41) is 5.89. The molecule has 0 bridgehead atoms. The number of aryl methyl sites for hydroxylation is 1. The van der Waals surface area contributed by atoms with E-state index in [-0.39, 0.29) is 12.4 Å². The first-order valence-electron chi connectivity index (χ1n) is 9.66. The van der Waals surface area contributed by atoms with Crippen LogP contribution < -0.4 is 4.74 Å². The Morgan fingerprint density at radius 3 is 2.59 bits per heavy atom. The zero-order chi connectivity index (χ0) is 17.8. The highest BCUT2D eigenvalue weighted by molar-refractivity contribution is 5.85. The van der Waals surface area contributed by atoms with Gasteiger partial charge in [0.2, 0.25) is 5.88 Å². The Balaban J connectivity index is 0.00000210. The van der Waals surface area contributed by atoms with Crippen molar-refractivity contribution in [3.8, 4) is 5.88 Å². The van der Waals surface area contributed by atoms with E-state index >= 15 is 0 Å². The molecule has 0 radical (unpaired) electrons. The van der Waals surface area contributed by atoms with Crippen LogP contribution in [0.5, 0.6) is 5.88 Å². The Morgan fingerprint density at radius 1 is 1.04 bits per heavy atom. The minimum absolute atomic E-state index is 0. The molecule has 2 heterocycles. The van der Waals surface area contributed by atoms with Crippen molar-refractivity contribution < 1.29 is 4.74 Å². The number of rotatable bonds is 7. The van der Waals surface area contributed by atoms with E-state index in [1.165, 1.54) is 37.1 Å². The average Bonchev–Trinajstić information content (AvgIpc) is 3.28. The first-order chi connectivity index (χ1) is 12.8. The predicted molar refractivity (Wildman–Crippen MR) is 113 cm³/mol. The smallest absolute Gasteiger partial charge is 0.240 e. The van der Waals surface area contributed by atoms with Crippen LogP contribution in [0.25, 0.3) is 10.9 Å². The largest absolute Gasteiger partial charge is 0.476 e. The monoisotopic (exact) mass is 385 g/mol. The molecular weight excluding hydrogens is 358 g/mol. The normalized spacial score (nSPS) is 14.4. The molecule has 0 amide bonds. The Hall–Kier alpha value is -2.04. The zero-order valence-corrected chi connectivity index (χ0v) is 16.8. The van der Waals surface area contributed by atoms with Gasteiger partial charge in [0, 0.05) is 6.54 Å². The lowest BCUT2D eigenvalue weighted by atomic mass is 10.1. The lowest BCUT2D eigenvalue weighted by Gasteiger charge is -2.13. The molecule has 1 aliphatic heterocycles. The van der Waals surface area contributed by atoms with E-state index in [0.29, 0.717) is 0 Å². The SMILES string of the molecule is Cc1ccc2c(c1)c(OCCCN1CCCC1)nn2Cc1ccccc1.Cl. The van der Waals surface area contributed by atoms with Crippen LogP contribution in [0.4, 0.5) is 0 Å². The van der Waals surface area contributed by atoms with Crippen molar-refractivity contribution in [1.82, 2.24) is 14.7 Å². The first kappa shape index (κ1) is 19.7. The summed E-state index contributed by atoms with van der Waals surface area (Å²) in [7, 11) is 0. The van der Waals surface area contributed by atoms with Crippen LogP contribution in [0.15, 0.2) is 48.5 Å². The fourth-order valence-corrected chi connectivity index (χ4v) is 3.71. The van der Waals surface area contributed by atoms with Gasteiger partial charge in [0.15, 0.2) is 0 Å². The van der Waals surface area contributed by atoms with Gasteiger partial charge in [-0.05, 0) is 57.0 Å². The molecule has 1 fully saturated rings. The minimum Gasteiger partial charge on any atom is -0.476 e. The second-order valence-electron chi connectivity index (χ2n) is 7.22. The summed E-state index contributed by atoms with van der Waals surface area (Å²) in [6, 6.07) is 16.9. The van der Waals surface area contributed by atoms with Crippen molar-refractivity contribution in [2.45, 2.75) is 32.7 Å². The van der Waals surface area contributed by atoms with Crippen LogP contribution in [0.2, 0.25) is 0 Å². The molecule has 3 aromatic rings. The van der Waals surface area contributed by atoms with Crippen LogP contribution in [0.1, 0.15) is 30.4 Å². The maximum atomic E-state index is 6.09. The summed E-state index contributed by atoms with van der Waals surface area (Å²) < 4.78 is 8.15. The van der Waals surface area contributed by atoms with Crippen LogP contribution in [0, 0.1) is 6.92 Å². The molecule has 0 aliphatic carbocycles. The van der Waals surface area contributed by atoms with Gasteiger partial charge in [-0.3, -0.25) is 4.68 Å². The number of fused-ring (bicyclic) bond motifs is 1. The Bertz CT molecular complexity index is 857. The van der Waals surface area contributed by atoms with Crippen LogP contribution in [-0.2, 0) is 6.54 Å². The van der Waals surface area contributed by atoms with Gasteiger partial charge < -0.3 is 9.64 Å². The van der Waals surface area contributed by atoms with E-state index in [1.807, 2.05) is 6.07 Å². The van der Waals surface area contributed by atoms with E-state index in [1.54, 1.807) is 0 Å². The number of benzene rings is 2. The maximum absolute atomic E-state index is 6.09.